The van der Waals surface area contributed by atoms with Crippen LogP contribution in [0.25, 0.3) is 0 Å². The van der Waals surface area contributed by atoms with Gasteiger partial charge in [-0.15, -0.1) is 0 Å². The summed E-state index contributed by atoms with van der Waals surface area (Å²) in [6.07, 6.45) is 0. The number of benzene rings is 1. The fourth-order valence-corrected chi connectivity index (χ4v) is 1.30. The third kappa shape index (κ3) is 2.42. The van der Waals surface area contributed by atoms with Crippen molar-refractivity contribution in [2.75, 3.05) is 0 Å². The lowest BCUT2D eigenvalue weighted by molar-refractivity contribution is 0.0697. The van der Waals surface area contributed by atoms with Crippen LogP contribution in [-0.2, 0) is 0 Å². The Morgan fingerprint density at radius 3 is 2.43 bits per heavy atom. The number of rotatable bonds is 3. The van der Waals surface area contributed by atoms with Gasteiger partial charge in [-0.3, -0.25) is 4.79 Å². The Balaban J connectivity index is 3.06. The molecule has 0 heterocycles. The van der Waals surface area contributed by atoms with E-state index in [1.807, 2.05) is 0 Å². The molecule has 0 aliphatic heterocycles. The monoisotopic (exact) mass is 256 g/mol. The van der Waals surface area contributed by atoms with E-state index in [1.165, 1.54) is 12.1 Å². The van der Waals surface area contributed by atoms with E-state index in [0.29, 0.717) is 5.56 Å². The van der Waals surface area contributed by atoms with Gasteiger partial charge in [0.15, 0.2) is 5.78 Å². The van der Waals surface area contributed by atoms with Gasteiger partial charge in [0.2, 0.25) is 0 Å². The number of carbonyl (C=O) groups is 2. The number of carboxylic acids is 1. The third-order valence-electron chi connectivity index (χ3n) is 1.76. The Hall–Kier alpha value is -1.16. The Morgan fingerprint density at radius 1 is 1.36 bits per heavy atom. The molecule has 0 aliphatic rings. The average Bonchev–Trinajstić information content (AvgIpc) is 2.16. The van der Waals surface area contributed by atoms with Gasteiger partial charge in [0.25, 0.3) is 0 Å². The van der Waals surface area contributed by atoms with Crippen LogP contribution >= 0.6 is 15.9 Å². The molecule has 1 N–H and O–H groups in total. The molecule has 0 aliphatic carbocycles. The molecule has 0 saturated carbocycles. The van der Waals surface area contributed by atoms with Gasteiger partial charge < -0.3 is 5.11 Å². The maximum Gasteiger partial charge on any atom is 0.335 e. The quantitative estimate of drug-likeness (QED) is 0.668. The number of hydrogen-bond acceptors (Lipinski definition) is 2. The van der Waals surface area contributed by atoms with Gasteiger partial charge in [-0.2, -0.15) is 0 Å². The number of Topliss-reactive ketones (excluding diaryl/α,β-unsaturated/α-hetero) is 1. The molecule has 1 aromatic rings. The highest BCUT2D eigenvalue weighted by Crippen LogP contribution is 2.11. The second-order valence-corrected chi connectivity index (χ2v) is 4.24. The van der Waals surface area contributed by atoms with Crippen molar-refractivity contribution in [2.24, 2.45) is 0 Å². The molecule has 0 radical (unpaired) electrons. The second-order valence-electron chi connectivity index (χ2n) is 2.87. The van der Waals surface area contributed by atoms with Crippen molar-refractivity contribution in [3.8, 4) is 0 Å². The smallest absolute Gasteiger partial charge is 0.335 e. The summed E-state index contributed by atoms with van der Waals surface area (Å²) in [7, 11) is 0. The highest BCUT2D eigenvalue weighted by atomic mass is 79.9. The molecule has 0 fully saturated rings. The van der Waals surface area contributed by atoms with Gasteiger partial charge in [0, 0.05) is 5.56 Å². The lowest BCUT2D eigenvalue weighted by Gasteiger charge is -2.03. The molecule has 0 amide bonds. The molecular weight excluding hydrogens is 248 g/mol. The summed E-state index contributed by atoms with van der Waals surface area (Å²) in [5.74, 6) is -1.14. The number of carbonyl (C=O) groups excluding carboxylic acids is 1. The molecule has 3 nitrogen and oxygen atoms in total. The zero-order chi connectivity index (χ0) is 10.7. The molecule has 1 aromatic carbocycles. The molecule has 0 aromatic heterocycles. The summed E-state index contributed by atoms with van der Waals surface area (Å²) in [5.41, 5.74) is 0.540. The van der Waals surface area contributed by atoms with E-state index < -0.39 is 5.97 Å². The van der Waals surface area contributed by atoms with E-state index in [0.717, 1.165) is 0 Å². The van der Waals surface area contributed by atoms with E-state index in [4.69, 9.17) is 5.11 Å². The number of halogens is 1. The maximum atomic E-state index is 11.5. The maximum absolute atomic E-state index is 11.5. The molecular formula is C10H9BrO3. The summed E-state index contributed by atoms with van der Waals surface area (Å²) >= 11 is 3.14. The van der Waals surface area contributed by atoms with Crippen molar-refractivity contribution in [2.45, 2.75) is 11.8 Å². The van der Waals surface area contributed by atoms with Crippen molar-refractivity contribution in [1.29, 1.82) is 0 Å². The Kier molecular flexibility index (Phi) is 3.41. The van der Waals surface area contributed by atoms with Crippen LogP contribution in [0.4, 0.5) is 0 Å². The Labute approximate surface area is 89.9 Å². The van der Waals surface area contributed by atoms with Crippen LogP contribution in [0.5, 0.6) is 0 Å². The van der Waals surface area contributed by atoms with Crippen LogP contribution in [0.3, 0.4) is 0 Å². The first-order valence-corrected chi connectivity index (χ1v) is 4.95. The summed E-state index contributed by atoms with van der Waals surface area (Å²) in [6.45, 7) is 1.70. The molecule has 0 bridgehead atoms. The second kappa shape index (κ2) is 4.37. The first kappa shape index (κ1) is 10.9. The average molecular weight is 257 g/mol. The van der Waals surface area contributed by atoms with Crippen LogP contribution in [0.2, 0.25) is 0 Å². The molecule has 14 heavy (non-hydrogen) atoms. The van der Waals surface area contributed by atoms with Crippen LogP contribution in [-0.4, -0.2) is 21.7 Å². The van der Waals surface area contributed by atoms with Gasteiger partial charge in [0.05, 0.1) is 10.4 Å². The zero-order valence-electron chi connectivity index (χ0n) is 7.53. The largest absolute Gasteiger partial charge is 0.478 e. The highest BCUT2D eigenvalue weighted by molar-refractivity contribution is 9.10. The van der Waals surface area contributed by atoms with Crippen molar-refractivity contribution < 1.29 is 14.7 Å². The van der Waals surface area contributed by atoms with Gasteiger partial charge in [-0.05, 0) is 19.1 Å². The van der Waals surface area contributed by atoms with Crippen LogP contribution in [0, 0.1) is 0 Å². The molecule has 0 spiro atoms. The highest BCUT2D eigenvalue weighted by Gasteiger charge is 2.13. The molecule has 1 rings (SSSR count). The SMILES string of the molecule is CC(Br)C(=O)c1cccc(C(=O)O)c1. The molecule has 1 atom stereocenters. The minimum Gasteiger partial charge on any atom is -0.478 e. The number of alkyl halides is 1. The first-order valence-electron chi connectivity index (χ1n) is 4.04. The van der Waals surface area contributed by atoms with E-state index >= 15 is 0 Å². The topological polar surface area (TPSA) is 54.4 Å². The Morgan fingerprint density at radius 2 is 1.93 bits per heavy atom. The zero-order valence-corrected chi connectivity index (χ0v) is 9.11. The van der Waals surface area contributed by atoms with Crippen LogP contribution in [0.15, 0.2) is 24.3 Å². The van der Waals surface area contributed by atoms with Crippen molar-refractivity contribution in [3.63, 3.8) is 0 Å². The third-order valence-corrected chi connectivity index (χ3v) is 2.17. The summed E-state index contributed by atoms with van der Waals surface area (Å²) < 4.78 is 0. The fourth-order valence-electron chi connectivity index (χ4n) is 1.04. The van der Waals surface area contributed by atoms with E-state index in [-0.39, 0.29) is 16.2 Å². The van der Waals surface area contributed by atoms with Gasteiger partial charge in [0.1, 0.15) is 0 Å². The molecule has 74 valence electrons. The lowest BCUT2D eigenvalue weighted by atomic mass is 10.1. The van der Waals surface area contributed by atoms with Gasteiger partial charge in [-0.25, -0.2) is 4.79 Å². The number of aromatic carboxylic acids is 1. The minimum atomic E-state index is -1.03. The fraction of sp³-hybridized carbons (Fsp3) is 0.200. The van der Waals surface area contributed by atoms with E-state index in [2.05, 4.69) is 15.9 Å². The first-order chi connectivity index (χ1) is 6.52. The van der Waals surface area contributed by atoms with Crippen molar-refractivity contribution in [3.05, 3.63) is 35.4 Å². The van der Waals surface area contributed by atoms with Gasteiger partial charge in [-0.1, -0.05) is 28.1 Å². The van der Waals surface area contributed by atoms with Crippen molar-refractivity contribution >= 4 is 27.7 Å². The number of hydrogen-bond donors (Lipinski definition) is 1. The van der Waals surface area contributed by atoms with Crippen LogP contribution < -0.4 is 0 Å². The number of ketones is 1. The van der Waals surface area contributed by atoms with E-state index in [9.17, 15) is 9.59 Å². The molecule has 0 saturated heterocycles. The Bertz CT molecular complexity index is 371. The standard InChI is InChI=1S/C10H9BrO3/c1-6(11)9(12)7-3-2-4-8(5-7)10(13)14/h2-6H,1H3,(H,13,14). The van der Waals surface area contributed by atoms with E-state index in [1.54, 1.807) is 19.1 Å². The van der Waals surface area contributed by atoms with Gasteiger partial charge >= 0.3 is 5.97 Å². The number of carboxylic acid groups (broad SMARTS) is 1. The summed E-state index contributed by atoms with van der Waals surface area (Å²) in [5, 5.41) is 8.71. The lowest BCUT2D eigenvalue weighted by Crippen LogP contribution is -2.10. The minimum absolute atomic E-state index is 0.117. The molecule has 4 heteroatoms. The summed E-state index contributed by atoms with van der Waals surface area (Å²) in [4.78, 5) is 21.8. The predicted molar refractivity (Wildman–Crippen MR) is 56.1 cm³/mol. The normalized spacial score (nSPS) is 12.1. The van der Waals surface area contributed by atoms with Crippen molar-refractivity contribution in [1.82, 2.24) is 0 Å². The predicted octanol–water partition coefficient (Wildman–Crippen LogP) is 2.35. The van der Waals surface area contributed by atoms with Crippen LogP contribution in [0.1, 0.15) is 27.6 Å². The molecule has 1 unspecified atom stereocenters. The summed E-state index contributed by atoms with van der Waals surface area (Å²) in [6, 6.07) is 6.00.